The fourth-order valence-electron chi connectivity index (χ4n) is 3.58. The number of esters is 1. The maximum absolute atomic E-state index is 12.8. The molecular weight excluding hydrogens is 304 g/mol. The molecule has 0 saturated carbocycles. The number of carbonyl (C=O) groups is 2. The SMILES string of the molecule is CC1CCCCC[C@H](C)COC(=O)CC(O)C(C)(C)C(=O)C(C)C1. The Morgan fingerprint density at radius 1 is 1.00 bits per heavy atom. The van der Waals surface area contributed by atoms with E-state index in [2.05, 4.69) is 13.8 Å². The number of hydrogen-bond donors (Lipinski definition) is 1. The maximum Gasteiger partial charge on any atom is 0.308 e. The Hall–Kier alpha value is -0.900. The number of aliphatic hydroxyl groups excluding tert-OH is 1. The van der Waals surface area contributed by atoms with Gasteiger partial charge in [-0.2, -0.15) is 0 Å². The third-order valence-corrected chi connectivity index (χ3v) is 5.45. The Labute approximate surface area is 147 Å². The van der Waals surface area contributed by atoms with E-state index < -0.39 is 17.5 Å². The summed E-state index contributed by atoms with van der Waals surface area (Å²) in [4.78, 5) is 24.7. The number of cyclic esters (lactones) is 1. The zero-order valence-corrected chi connectivity index (χ0v) is 16.1. The van der Waals surface area contributed by atoms with Gasteiger partial charge in [0.05, 0.1) is 24.5 Å². The van der Waals surface area contributed by atoms with Crippen LogP contribution in [0.2, 0.25) is 0 Å². The molecule has 4 heteroatoms. The predicted molar refractivity (Wildman–Crippen MR) is 95.6 cm³/mol. The van der Waals surface area contributed by atoms with E-state index in [-0.39, 0.29) is 18.1 Å². The molecule has 0 aromatic carbocycles. The summed E-state index contributed by atoms with van der Waals surface area (Å²) >= 11 is 0. The van der Waals surface area contributed by atoms with Crippen molar-refractivity contribution in [3.05, 3.63) is 0 Å². The molecule has 1 aliphatic heterocycles. The molecule has 0 amide bonds. The number of ketones is 1. The van der Waals surface area contributed by atoms with Gasteiger partial charge < -0.3 is 9.84 Å². The highest BCUT2D eigenvalue weighted by molar-refractivity contribution is 5.87. The van der Waals surface area contributed by atoms with Crippen molar-refractivity contribution in [3.8, 4) is 0 Å². The van der Waals surface area contributed by atoms with Gasteiger partial charge in [0, 0.05) is 5.92 Å². The van der Waals surface area contributed by atoms with Crippen molar-refractivity contribution in [2.75, 3.05) is 6.61 Å². The molecule has 1 N–H and O–H groups in total. The van der Waals surface area contributed by atoms with Crippen LogP contribution in [0, 0.1) is 23.2 Å². The van der Waals surface area contributed by atoms with Crippen LogP contribution >= 0.6 is 0 Å². The molecule has 1 saturated heterocycles. The van der Waals surface area contributed by atoms with Crippen LogP contribution in [-0.4, -0.2) is 29.6 Å². The average molecular weight is 341 g/mol. The summed E-state index contributed by atoms with van der Waals surface area (Å²) in [7, 11) is 0. The van der Waals surface area contributed by atoms with Gasteiger partial charge in [-0.1, -0.05) is 60.3 Å². The average Bonchev–Trinajstić information content (AvgIpc) is 2.50. The summed E-state index contributed by atoms with van der Waals surface area (Å²) in [5.41, 5.74) is -0.930. The van der Waals surface area contributed by atoms with E-state index in [0.29, 0.717) is 18.4 Å². The quantitative estimate of drug-likeness (QED) is 0.673. The monoisotopic (exact) mass is 340 g/mol. The molecule has 4 nitrogen and oxygen atoms in total. The summed E-state index contributed by atoms with van der Waals surface area (Å²) in [6.45, 7) is 10.1. The van der Waals surface area contributed by atoms with Crippen LogP contribution in [-0.2, 0) is 14.3 Å². The van der Waals surface area contributed by atoms with Gasteiger partial charge in [0.1, 0.15) is 5.78 Å². The van der Waals surface area contributed by atoms with E-state index in [1.54, 1.807) is 13.8 Å². The molecule has 0 radical (unpaired) electrons. The lowest BCUT2D eigenvalue weighted by Gasteiger charge is -2.32. The molecule has 0 aliphatic carbocycles. The fraction of sp³-hybridized carbons (Fsp3) is 0.900. The van der Waals surface area contributed by atoms with E-state index in [4.69, 9.17) is 4.74 Å². The summed E-state index contributed by atoms with van der Waals surface area (Å²) in [5, 5.41) is 10.4. The molecule has 0 spiro atoms. The number of Topliss-reactive ketones (excluding diaryl/α,β-unsaturated/α-hetero) is 1. The van der Waals surface area contributed by atoms with E-state index >= 15 is 0 Å². The second-order valence-corrected chi connectivity index (χ2v) is 8.47. The third-order valence-electron chi connectivity index (χ3n) is 5.45. The molecular formula is C20H36O4. The molecule has 1 rings (SSSR count). The van der Waals surface area contributed by atoms with Gasteiger partial charge in [0.2, 0.25) is 0 Å². The van der Waals surface area contributed by atoms with Crippen molar-refractivity contribution in [1.82, 2.24) is 0 Å². The molecule has 3 unspecified atom stereocenters. The lowest BCUT2D eigenvalue weighted by molar-refractivity contribution is -0.151. The van der Waals surface area contributed by atoms with Gasteiger partial charge in [0.25, 0.3) is 0 Å². The Morgan fingerprint density at radius 2 is 1.58 bits per heavy atom. The number of rotatable bonds is 0. The first-order valence-electron chi connectivity index (χ1n) is 9.52. The van der Waals surface area contributed by atoms with Crippen LogP contribution in [0.25, 0.3) is 0 Å². The minimum absolute atomic E-state index is 0.0371. The normalized spacial score (nSPS) is 34.6. The van der Waals surface area contributed by atoms with E-state index in [0.717, 1.165) is 25.7 Å². The number of carbonyl (C=O) groups excluding carboxylic acids is 2. The van der Waals surface area contributed by atoms with Gasteiger partial charge in [0.15, 0.2) is 0 Å². The first kappa shape index (κ1) is 21.1. The summed E-state index contributed by atoms with van der Waals surface area (Å²) < 4.78 is 5.29. The molecule has 1 aliphatic rings. The van der Waals surface area contributed by atoms with Gasteiger partial charge in [-0.15, -0.1) is 0 Å². The standard InChI is InChI=1S/C20H36O4/c1-14-9-7-6-8-10-15(2)13-24-18(22)12-17(21)20(4,5)19(23)16(3)11-14/h14-17,21H,6-13H2,1-5H3/t14?,15-,16?,17?/m0/s1. The highest BCUT2D eigenvalue weighted by Gasteiger charge is 2.39. The maximum atomic E-state index is 12.8. The summed E-state index contributed by atoms with van der Waals surface area (Å²) in [6.07, 6.45) is 5.45. The van der Waals surface area contributed by atoms with Crippen LogP contribution in [0.5, 0.6) is 0 Å². The molecule has 0 aromatic rings. The molecule has 0 bridgehead atoms. The molecule has 0 aromatic heterocycles. The topological polar surface area (TPSA) is 63.6 Å². The van der Waals surface area contributed by atoms with E-state index in [1.807, 2.05) is 6.92 Å². The predicted octanol–water partition coefficient (Wildman–Crippen LogP) is 4.14. The summed E-state index contributed by atoms with van der Waals surface area (Å²) in [5.74, 6) is 0.366. The molecule has 4 atom stereocenters. The minimum atomic E-state index is -1.00. The molecule has 1 fully saturated rings. The number of ether oxygens (including phenoxy) is 1. The highest BCUT2D eigenvalue weighted by atomic mass is 16.5. The fourth-order valence-corrected chi connectivity index (χ4v) is 3.58. The smallest absolute Gasteiger partial charge is 0.308 e. The van der Waals surface area contributed by atoms with Gasteiger partial charge >= 0.3 is 5.97 Å². The van der Waals surface area contributed by atoms with Crippen molar-refractivity contribution in [1.29, 1.82) is 0 Å². The lowest BCUT2D eigenvalue weighted by Crippen LogP contribution is -2.42. The van der Waals surface area contributed by atoms with Crippen molar-refractivity contribution in [2.24, 2.45) is 23.2 Å². The molecule has 1 heterocycles. The van der Waals surface area contributed by atoms with Crippen LogP contribution in [0.1, 0.15) is 79.6 Å². The van der Waals surface area contributed by atoms with Crippen LogP contribution < -0.4 is 0 Å². The van der Waals surface area contributed by atoms with E-state index in [1.165, 1.54) is 12.8 Å². The van der Waals surface area contributed by atoms with Crippen LogP contribution in [0.15, 0.2) is 0 Å². The Balaban J connectivity index is 2.81. The largest absolute Gasteiger partial charge is 0.465 e. The zero-order valence-electron chi connectivity index (χ0n) is 16.1. The number of hydrogen-bond acceptors (Lipinski definition) is 4. The second kappa shape index (κ2) is 9.55. The first-order chi connectivity index (χ1) is 11.1. The Kier molecular flexibility index (Phi) is 8.41. The Morgan fingerprint density at radius 3 is 2.21 bits per heavy atom. The van der Waals surface area contributed by atoms with Gasteiger partial charge in [-0.3, -0.25) is 9.59 Å². The van der Waals surface area contributed by atoms with Crippen molar-refractivity contribution in [2.45, 2.75) is 85.7 Å². The van der Waals surface area contributed by atoms with Crippen molar-refractivity contribution >= 4 is 11.8 Å². The van der Waals surface area contributed by atoms with Crippen LogP contribution in [0.4, 0.5) is 0 Å². The highest BCUT2D eigenvalue weighted by Crippen LogP contribution is 2.31. The Bertz CT molecular complexity index is 416. The van der Waals surface area contributed by atoms with Crippen molar-refractivity contribution < 1.29 is 19.4 Å². The lowest BCUT2D eigenvalue weighted by atomic mass is 9.74. The second-order valence-electron chi connectivity index (χ2n) is 8.47. The minimum Gasteiger partial charge on any atom is -0.465 e. The first-order valence-corrected chi connectivity index (χ1v) is 9.52. The third kappa shape index (κ3) is 6.54. The molecule has 24 heavy (non-hydrogen) atoms. The number of aliphatic hydroxyl groups is 1. The van der Waals surface area contributed by atoms with Crippen molar-refractivity contribution in [3.63, 3.8) is 0 Å². The summed E-state index contributed by atoms with van der Waals surface area (Å²) in [6, 6.07) is 0. The zero-order chi connectivity index (χ0) is 18.3. The van der Waals surface area contributed by atoms with Gasteiger partial charge in [-0.05, 0) is 24.7 Å². The molecule has 140 valence electrons. The van der Waals surface area contributed by atoms with Gasteiger partial charge in [-0.25, -0.2) is 0 Å². The van der Waals surface area contributed by atoms with E-state index in [9.17, 15) is 14.7 Å². The van der Waals surface area contributed by atoms with Crippen LogP contribution in [0.3, 0.4) is 0 Å².